The Morgan fingerprint density at radius 3 is 2.21 bits per heavy atom. The van der Waals surface area contributed by atoms with E-state index in [1.54, 1.807) is 24.3 Å². The molecule has 0 heterocycles. The Morgan fingerprint density at radius 2 is 1.56 bits per heavy atom. The van der Waals surface area contributed by atoms with Crippen LogP contribution in [-0.2, 0) is 9.53 Å². The summed E-state index contributed by atoms with van der Waals surface area (Å²) in [5.41, 5.74) is 2.63. The Hall–Kier alpha value is -4.02. The molecule has 34 heavy (non-hydrogen) atoms. The Balaban J connectivity index is 1.74. The summed E-state index contributed by atoms with van der Waals surface area (Å²) in [4.78, 5) is 13.1. The minimum absolute atomic E-state index is 0.00177. The van der Waals surface area contributed by atoms with Gasteiger partial charge in [-0.15, -0.1) is 0 Å². The molecule has 0 saturated heterocycles. The van der Waals surface area contributed by atoms with Gasteiger partial charge < -0.3 is 9.47 Å². The van der Waals surface area contributed by atoms with Crippen LogP contribution in [0.3, 0.4) is 0 Å². The first kappa shape index (κ1) is 24.6. The number of hydrogen-bond acceptors (Lipinski definition) is 4. The average molecular weight is 452 g/mol. The molecule has 3 unspecified atom stereocenters. The summed E-state index contributed by atoms with van der Waals surface area (Å²) in [5.74, 6) is 6.48. The highest BCUT2D eigenvalue weighted by Gasteiger charge is 2.31. The number of ether oxygens (including phenoxy) is 2. The second-order valence-corrected chi connectivity index (χ2v) is 8.63. The maximum absolute atomic E-state index is 13.1. The number of para-hydroxylation sites is 1. The average Bonchev–Trinajstić information content (AvgIpc) is 2.83. The predicted octanol–water partition coefficient (Wildman–Crippen LogP) is 6.86. The van der Waals surface area contributed by atoms with E-state index < -0.39 is 18.0 Å². The van der Waals surface area contributed by atoms with E-state index in [0.29, 0.717) is 17.1 Å². The van der Waals surface area contributed by atoms with Gasteiger partial charge in [0.25, 0.3) is 0 Å². The van der Waals surface area contributed by atoms with E-state index in [0.717, 1.165) is 5.56 Å². The topological polar surface area (TPSA) is 59.3 Å². The van der Waals surface area contributed by atoms with Gasteiger partial charge in [-0.05, 0) is 49.2 Å². The summed E-state index contributed by atoms with van der Waals surface area (Å²) < 4.78 is 11.5. The van der Waals surface area contributed by atoms with Crippen LogP contribution in [0.15, 0.2) is 78.9 Å². The van der Waals surface area contributed by atoms with Crippen LogP contribution in [0.2, 0.25) is 0 Å². The number of hydrogen-bond donors (Lipinski definition) is 0. The van der Waals surface area contributed by atoms with Crippen LogP contribution >= 0.6 is 0 Å². The van der Waals surface area contributed by atoms with E-state index in [1.165, 1.54) is 5.56 Å². The SMILES string of the molecule is Cc1ccc(C#CC(C)C(C(=O)OC(C#N)c2cccc(Oc3ccccc3)c2)C(C)C)cc1. The van der Waals surface area contributed by atoms with Crippen molar-refractivity contribution in [1.29, 1.82) is 5.26 Å². The van der Waals surface area contributed by atoms with Gasteiger partial charge in [-0.1, -0.05) is 80.6 Å². The molecule has 0 aliphatic rings. The highest BCUT2D eigenvalue weighted by atomic mass is 16.5. The third-order valence-corrected chi connectivity index (χ3v) is 5.52. The van der Waals surface area contributed by atoms with Gasteiger partial charge in [0.2, 0.25) is 6.10 Å². The summed E-state index contributed by atoms with van der Waals surface area (Å²) in [6.45, 7) is 7.87. The summed E-state index contributed by atoms with van der Waals surface area (Å²) in [5, 5.41) is 9.75. The van der Waals surface area contributed by atoms with Gasteiger partial charge in [0.1, 0.15) is 17.6 Å². The lowest BCUT2D eigenvalue weighted by molar-refractivity contribution is -0.154. The zero-order valence-corrected chi connectivity index (χ0v) is 20.0. The zero-order valence-electron chi connectivity index (χ0n) is 20.0. The van der Waals surface area contributed by atoms with Gasteiger partial charge in [0.05, 0.1) is 5.92 Å². The van der Waals surface area contributed by atoms with Gasteiger partial charge in [-0.2, -0.15) is 5.26 Å². The number of carbonyl (C=O) groups is 1. The first-order valence-corrected chi connectivity index (χ1v) is 11.4. The molecule has 0 fully saturated rings. The van der Waals surface area contributed by atoms with Crippen molar-refractivity contribution >= 4 is 5.97 Å². The highest BCUT2D eigenvalue weighted by molar-refractivity contribution is 5.74. The van der Waals surface area contributed by atoms with Crippen molar-refractivity contribution in [3.63, 3.8) is 0 Å². The largest absolute Gasteiger partial charge is 0.457 e. The van der Waals surface area contributed by atoms with Crippen LogP contribution in [0.25, 0.3) is 0 Å². The fourth-order valence-corrected chi connectivity index (χ4v) is 3.71. The molecule has 0 radical (unpaired) electrons. The van der Waals surface area contributed by atoms with Crippen molar-refractivity contribution in [2.75, 3.05) is 0 Å². The fourth-order valence-electron chi connectivity index (χ4n) is 3.71. The van der Waals surface area contributed by atoms with Gasteiger partial charge in [0.15, 0.2) is 0 Å². The Bertz CT molecular complexity index is 1200. The number of esters is 1. The van der Waals surface area contributed by atoms with E-state index in [9.17, 15) is 10.1 Å². The lowest BCUT2D eigenvalue weighted by atomic mass is 9.84. The summed E-state index contributed by atoms with van der Waals surface area (Å²) in [6.07, 6.45) is -1.04. The normalized spacial score (nSPS) is 13.1. The molecule has 0 saturated carbocycles. The molecule has 0 N–H and O–H groups in total. The maximum Gasteiger partial charge on any atom is 0.312 e. The summed E-state index contributed by atoms with van der Waals surface area (Å²) in [6, 6.07) is 26.5. The standard InChI is InChI=1S/C30H29NO3/c1-21(2)29(23(4)15-18-24-16-13-22(3)14-17-24)30(32)34-28(20-31)25-9-8-12-27(19-25)33-26-10-6-5-7-11-26/h5-14,16-17,19,21,23,28-29H,1-4H3. The number of aryl methyl sites for hydroxylation is 1. The van der Waals surface area contributed by atoms with Crippen LogP contribution in [0.5, 0.6) is 11.5 Å². The van der Waals surface area contributed by atoms with E-state index >= 15 is 0 Å². The van der Waals surface area contributed by atoms with Gasteiger partial charge in [0, 0.05) is 17.0 Å². The monoisotopic (exact) mass is 451 g/mol. The lowest BCUT2D eigenvalue weighted by Gasteiger charge is -2.24. The lowest BCUT2D eigenvalue weighted by Crippen LogP contribution is -2.29. The molecule has 4 nitrogen and oxygen atoms in total. The first-order valence-electron chi connectivity index (χ1n) is 11.4. The molecule has 172 valence electrons. The summed E-state index contributed by atoms with van der Waals surface area (Å²) >= 11 is 0. The number of nitrogens with zero attached hydrogens (tertiary/aromatic N) is 1. The van der Waals surface area contributed by atoms with Crippen molar-refractivity contribution in [3.05, 3.63) is 95.6 Å². The number of nitriles is 1. The second kappa shape index (κ2) is 11.7. The molecule has 3 rings (SSSR count). The maximum atomic E-state index is 13.1. The van der Waals surface area contributed by atoms with Crippen LogP contribution in [0.1, 0.15) is 43.6 Å². The third kappa shape index (κ3) is 6.74. The van der Waals surface area contributed by atoms with E-state index in [4.69, 9.17) is 9.47 Å². The minimum atomic E-state index is -1.04. The minimum Gasteiger partial charge on any atom is -0.457 e. The second-order valence-electron chi connectivity index (χ2n) is 8.63. The molecule has 0 amide bonds. The molecule has 0 bridgehead atoms. The first-order chi connectivity index (χ1) is 16.4. The number of benzene rings is 3. The predicted molar refractivity (Wildman–Crippen MR) is 133 cm³/mol. The van der Waals surface area contributed by atoms with Gasteiger partial charge in [-0.3, -0.25) is 4.79 Å². The van der Waals surface area contributed by atoms with E-state index in [1.807, 2.05) is 82.3 Å². The van der Waals surface area contributed by atoms with Crippen LogP contribution in [0, 0.1) is 47.8 Å². The van der Waals surface area contributed by atoms with Gasteiger partial charge >= 0.3 is 5.97 Å². The van der Waals surface area contributed by atoms with Crippen LogP contribution in [0.4, 0.5) is 0 Å². The van der Waals surface area contributed by atoms with Crippen molar-refractivity contribution < 1.29 is 14.3 Å². The molecule has 3 aromatic carbocycles. The molecule has 0 aliphatic heterocycles. The summed E-state index contributed by atoms with van der Waals surface area (Å²) in [7, 11) is 0. The Morgan fingerprint density at radius 1 is 0.882 bits per heavy atom. The third-order valence-electron chi connectivity index (χ3n) is 5.52. The fraction of sp³-hybridized carbons (Fsp3) is 0.267. The Kier molecular flexibility index (Phi) is 8.49. The molecular weight excluding hydrogens is 422 g/mol. The van der Waals surface area contributed by atoms with Crippen molar-refractivity contribution in [3.8, 4) is 29.4 Å². The zero-order chi connectivity index (χ0) is 24.5. The smallest absolute Gasteiger partial charge is 0.312 e. The number of rotatable bonds is 7. The van der Waals surface area contributed by atoms with Crippen molar-refractivity contribution in [2.45, 2.75) is 33.8 Å². The molecule has 0 aromatic heterocycles. The van der Waals surface area contributed by atoms with E-state index in [-0.39, 0.29) is 11.8 Å². The molecule has 3 aromatic rings. The Labute approximate surface area is 202 Å². The van der Waals surface area contributed by atoms with Crippen molar-refractivity contribution in [2.24, 2.45) is 17.8 Å². The van der Waals surface area contributed by atoms with Crippen molar-refractivity contribution in [1.82, 2.24) is 0 Å². The highest BCUT2D eigenvalue weighted by Crippen LogP contribution is 2.29. The molecule has 0 aliphatic carbocycles. The van der Waals surface area contributed by atoms with Gasteiger partial charge in [-0.25, -0.2) is 0 Å². The number of carbonyl (C=O) groups excluding carboxylic acids is 1. The van der Waals surface area contributed by atoms with E-state index in [2.05, 4.69) is 17.9 Å². The van der Waals surface area contributed by atoms with Crippen LogP contribution in [-0.4, -0.2) is 5.97 Å². The molecule has 3 atom stereocenters. The van der Waals surface area contributed by atoms with Crippen LogP contribution < -0.4 is 4.74 Å². The molecule has 4 heteroatoms. The molecule has 0 spiro atoms. The quantitative estimate of drug-likeness (QED) is 0.291. The molecular formula is C30H29NO3.